The van der Waals surface area contributed by atoms with Gasteiger partial charge in [0.1, 0.15) is 0 Å². The van der Waals surface area contributed by atoms with Crippen molar-refractivity contribution >= 4 is 39.9 Å². The predicted octanol–water partition coefficient (Wildman–Crippen LogP) is 2.97. The summed E-state index contributed by atoms with van der Waals surface area (Å²) in [5.41, 5.74) is 1.96. The first kappa shape index (κ1) is 15.5. The van der Waals surface area contributed by atoms with Crippen molar-refractivity contribution < 1.29 is 4.79 Å². The number of amides is 1. The fraction of sp³-hybridized carbons (Fsp3) is 0.462. The molecular weight excluding hydrogens is 316 g/mol. The number of carbonyl (C=O) groups is 1. The van der Waals surface area contributed by atoms with E-state index in [1.54, 1.807) is 0 Å². The Morgan fingerprint density at radius 3 is 2.72 bits per heavy atom. The van der Waals surface area contributed by atoms with Gasteiger partial charge in [-0.25, -0.2) is 0 Å². The largest absolute Gasteiger partial charge is 0.326 e. The molecule has 0 radical (unpaired) electrons. The number of hydrogen-bond donors (Lipinski definition) is 2. The quantitative estimate of drug-likeness (QED) is 0.893. The molecule has 1 aliphatic heterocycles. The summed E-state index contributed by atoms with van der Waals surface area (Å²) >= 11 is 3.47. The highest BCUT2D eigenvalue weighted by atomic mass is 79.9. The second-order valence-corrected chi connectivity index (χ2v) is 5.46. The van der Waals surface area contributed by atoms with E-state index in [2.05, 4.69) is 26.6 Å². The van der Waals surface area contributed by atoms with Gasteiger partial charge in [-0.1, -0.05) is 28.9 Å². The van der Waals surface area contributed by atoms with Gasteiger partial charge in [0, 0.05) is 16.1 Å². The van der Waals surface area contributed by atoms with Gasteiger partial charge in [-0.3, -0.25) is 4.79 Å². The van der Waals surface area contributed by atoms with Gasteiger partial charge in [0.15, 0.2) is 0 Å². The van der Waals surface area contributed by atoms with Gasteiger partial charge in [-0.15, -0.1) is 12.4 Å². The maximum Gasteiger partial charge on any atom is 0.227 e. The molecule has 1 unspecified atom stereocenters. The molecule has 18 heavy (non-hydrogen) atoms. The maximum absolute atomic E-state index is 12.1. The minimum Gasteiger partial charge on any atom is -0.326 e. The molecule has 2 rings (SSSR count). The van der Waals surface area contributed by atoms with Crippen molar-refractivity contribution in [1.82, 2.24) is 5.32 Å². The highest BCUT2D eigenvalue weighted by molar-refractivity contribution is 9.10. The van der Waals surface area contributed by atoms with Crippen LogP contribution < -0.4 is 10.6 Å². The summed E-state index contributed by atoms with van der Waals surface area (Å²) in [6.07, 6.45) is 0. The number of hydrogen-bond acceptors (Lipinski definition) is 2. The lowest BCUT2D eigenvalue weighted by Gasteiger charge is -2.31. The van der Waals surface area contributed by atoms with E-state index in [1.807, 2.05) is 32.0 Å². The lowest BCUT2D eigenvalue weighted by Crippen LogP contribution is -2.48. The third-order valence-corrected chi connectivity index (χ3v) is 4.32. The summed E-state index contributed by atoms with van der Waals surface area (Å²) in [5.74, 6) is 0.648. The summed E-state index contributed by atoms with van der Waals surface area (Å²) < 4.78 is 1.02. The van der Waals surface area contributed by atoms with Gasteiger partial charge >= 0.3 is 0 Å². The van der Waals surface area contributed by atoms with Crippen LogP contribution in [0.1, 0.15) is 12.5 Å². The Labute approximate surface area is 122 Å². The van der Waals surface area contributed by atoms with Crippen LogP contribution in [0.15, 0.2) is 22.7 Å². The molecule has 0 aromatic heterocycles. The van der Waals surface area contributed by atoms with Crippen LogP contribution in [0.4, 0.5) is 5.69 Å². The number of halogens is 2. The van der Waals surface area contributed by atoms with Crippen molar-refractivity contribution in [2.75, 3.05) is 18.4 Å². The van der Waals surface area contributed by atoms with Gasteiger partial charge in [0.2, 0.25) is 5.91 Å². The summed E-state index contributed by atoms with van der Waals surface area (Å²) in [4.78, 5) is 12.1. The molecule has 0 saturated carbocycles. The first-order valence-electron chi connectivity index (χ1n) is 5.86. The first-order chi connectivity index (χ1) is 8.09. The monoisotopic (exact) mass is 332 g/mol. The van der Waals surface area contributed by atoms with Gasteiger partial charge in [-0.05, 0) is 43.6 Å². The molecule has 1 atom stereocenters. The van der Waals surface area contributed by atoms with E-state index in [0.717, 1.165) is 28.8 Å². The van der Waals surface area contributed by atoms with Crippen molar-refractivity contribution in [1.29, 1.82) is 0 Å². The zero-order chi connectivity index (χ0) is 12.4. The SMILES string of the molecule is Cc1c(Br)cccc1NC(=O)C(C)C1CNC1.Cl. The molecule has 3 nitrogen and oxygen atoms in total. The molecule has 0 bridgehead atoms. The lowest BCUT2D eigenvalue weighted by molar-refractivity contribution is -0.121. The fourth-order valence-corrected chi connectivity index (χ4v) is 2.23. The normalized spacial score (nSPS) is 16.4. The first-order valence-corrected chi connectivity index (χ1v) is 6.65. The molecule has 0 spiro atoms. The van der Waals surface area contributed by atoms with Crippen molar-refractivity contribution in [2.24, 2.45) is 11.8 Å². The Balaban J connectivity index is 0.00000162. The highest BCUT2D eigenvalue weighted by Gasteiger charge is 2.28. The van der Waals surface area contributed by atoms with E-state index in [1.165, 1.54) is 0 Å². The van der Waals surface area contributed by atoms with Crippen LogP contribution in [0.5, 0.6) is 0 Å². The minimum absolute atomic E-state index is 0. The van der Waals surface area contributed by atoms with E-state index in [-0.39, 0.29) is 24.2 Å². The molecule has 1 heterocycles. The van der Waals surface area contributed by atoms with Crippen molar-refractivity contribution in [2.45, 2.75) is 13.8 Å². The number of benzene rings is 1. The molecule has 0 aliphatic carbocycles. The van der Waals surface area contributed by atoms with E-state index < -0.39 is 0 Å². The molecule has 100 valence electrons. The van der Waals surface area contributed by atoms with Gasteiger partial charge in [-0.2, -0.15) is 0 Å². The molecular formula is C13H18BrClN2O. The molecule has 1 aromatic rings. The minimum atomic E-state index is 0. The van der Waals surface area contributed by atoms with E-state index in [9.17, 15) is 4.79 Å². The molecule has 5 heteroatoms. The third kappa shape index (κ3) is 3.25. The predicted molar refractivity (Wildman–Crippen MR) is 80.3 cm³/mol. The zero-order valence-corrected chi connectivity index (χ0v) is 12.9. The Morgan fingerprint density at radius 1 is 1.50 bits per heavy atom. The van der Waals surface area contributed by atoms with Crippen LogP contribution in [0.2, 0.25) is 0 Å². The highest BCUT2D eigenvalue weighted by Crippen LogP contribution is 2.25. The van der Waals surface area contributed by atoms with Crippen LogP contribution in [0, 0.1) is 18.8 Å². The summed E-state index contributed by atoms with van der Waals surface area (Å²) in [6, 6.07) is 5.84. The van der Waals surface area contributed by atoms with Crippen molar-refractivity contribution in [3.63, 3.8) is 0 Å². The average molecular weight is 334 g/mol. The summed E-state index contributed by atoms with van der Waals surface area (Å²) in [7, 11) is 0. The second kappa shape index (κ2) is 6.55. The van der Waals surface area contributed by atoms with Gasteiger partial charge in [0.05, 0.1) is 0 Å². The van der Waals surface area contributed by atoms with Gasteiger partial charge < -0.3 is 10.6 Å². The average Bonchev–Trinajstić information content (AvgIpc) is 2.22. The topological polar surface area (TPSA) is 41.1 Å². The van der Waals surface area contributed by atoms with Crippen LogP contribution >= 0.6 is 28.3 Å². The van der Waals surface area contributed by atoms with Crippen molar-refractivity contribution in [3.05, 3.63) is 28.2 Å². The number of anilines is 1. The summed E-state index contributed by atoms with van der Waals surface area (Å²) in [5, 5.41) is 6.20. The molecule has 1 saturated heterocycles. The van der Waals surface area contributed by atoms with Gasteiger partial charge in [0.25, 0.3) is 0 Å². The number of carbonyl (C=O) groups excluding carboxylic acids is 1. The molecule has 1 aliphatic rings. The smallest absolute Gasteiger partial charge is 0.227 e. The van der Waals surface area contributed by atoms with Crippen LogP contribution in [-0.2, 0) is 4.79 Å². The third-order valence-electron chi connectivity index (χ3n) is 3.46. The lowest BCUT2D eigenvalue weighted by atomic mass is 9.88. The van der Waals surface area contributed by atoms with E-state index in [4.69, 9.17) is 0 Å². The Morgan fingerprint density at radius 2 is 2.17 bits per heavy atom. The van der Waals surface area contributed by atoms with Crippen LogP contribution in [0.25, 0.3) is 0 Å². The number of rotatable bonds is 3. The Bertz CT molecular complexity index is 435. The molecule has 1 aromatic carbocycles. The standard InChI is InChI=1S/C13H17BrN2O.ClH/c1-8(10-6-15-7-10)13(17)16-12-5-3-4-11(14)9(12)2;/h3-5,8,10,15H,6-7H2,1-2H3,(H,16,17);1H. The van der Waals surface area contributed by atoms with Crippen LogP contribution in [-0.4, -0.2) is 19.0 Å². The fourth-order valence-electron chi connectivity index (χ4n) is 1.87. The number of nitrogens with one attached hydrogen (secondary N) is 2. The summed E-state index contributed by atoms with van der Waals surface area (Å²) in [6.45, 7) is 5.89. The second-order valence-electron chi connectivity index (χ2n) is 4.61. The molecule has 1 fully saturated rings. The Hall–Kier alpha value is -0.580. The Kier molecular flexibility index (Phi) is 5.63. The zero-order valence-electron chi connectivity index (χ0n) is 10.5. The van der Waals surface area contributed by atoms with Crippen LogP contribution in [0.3, 0.4) is 0 Å². The van der Waals surface area contributed by atoms with E-state index in [0.29, 0.717) is 5.92 Å². The van der Waals surface area contributed by atoms with Crippen molar-refractivity contribution in [3.8, 4) is 0 Å². The maximum atomic E-state index is 12.1. The van der Waals surface area contributed by atoms with E-state index >= 15 is 0 Å². The molecule has 1 amide bonds. The molecule has 2 N–H and O–H groups in total.